The number of anilines is 1. The molecule has 0 fully saturated rings. The lowest BCUT2D eigenvalue weighted by atomic mass is 10.1. The zero-order valence-electron chi connectivity index (χ0n) is 13.1. The number of ether oxygens (including phenoxy) is 1. The molecule has 0 spiro atoms. The first-order valence-electron chi connectivity index (χ1n) is 7.38. The van der Waals surface area contributed by atoms with Crippen LogP contribution in [0.3, 0.4) is 0 Å². The molecule has 0 heterocycles. The number of nitrogens with one attached hydrogen (secondary N) is 2. The summed E-state index contributed by atoms with van der Waals surface area (Å²) >= 11 is 0. The number of hydrogen-bond acceptors (Lipinski definition) is 3. The predicted molar refractivity (Wildman–Crippen MR) is 89.1 cm³/mol. The number of carbonyl (C=O) groups is 1. The van der Waals surface area contributed by atoms with Crippen LogP contribution in [0, 0.1) is 6.92 Å². The van der Waals surface area contributed by atoms with Crippen LogP contribution >= 0.6 is 0 Å². The van der Waals surface area contributed by atoms with E-state index in [4.69, 9.17) is 4.74 Å². The van der Waals surface area contributed by atoms with Crippen LogP contribution in [0.5, 0.6) is 5.75 Å². The van der Waals surface area contributed by atoms with Gasteiger partial charge in [0.25, 0.3) is 0 Å². The molecular formula is C18H22N2O2. The monoisotopic (exact) mass is 298 g/mol. The summed E-state index contributed by atoms with van der Waals surface area (Å²) in [5.74, 6) is 0.643. The molecule has 4 heteroatoms. The molecule has 0 aromatic heterocycles. The summed E-state index contributed by atoms with van der Waals surface area (Å²) in [7, 11) is 1.59. The Labute approximate surface area is 131 Å². The van der Waals surface area contributed by atoms with Gasteiger partial charge in [-0.05, 0) is 24.6 Å². The van der Waals surface area contributed by atoms with Crippen LogP contribution in [0.15, 0.2) is 48.5 Å². The summed E-state index contributed by atoms with van der Waals surface area (Å²) in [5.41, 5.74) is 3.17. The van der Waals surface area contributed by atoms with Crippen LogP contribution in [0.2, 0.25) is 0 Å². The SMILES string of the molecule is COc1ccccc1NC(=O)CCNCc1cccc(C)c1. The molecular weight excluding hydrogens is 276 g/mol. The number of amides is 1. The van der Waals surface area contributed by atoms with Crippen molar-refractivity contribution in [3.8, 4) is 5.75 Å². The Kier molecular flexibility index (Phi) is 5.98. The quantitative estimate of drug-likeness (QED) is 0.772. The number of benzene rings is 2. The average molecular weight is 298 g/mol. The van der Waals surface area contributed by atoms with Gasteiger partial charge in [-0.25, -0.2) is 0 Å². The minimum atomic E-state index is -0.0266. The molecule has 0 unspecified atom stereocenters. The van der Waals surface area contributed by atoms with Gasteiger partial charge in [0.15, 0.2) is 0 Å². The summed E-state index contributed by atoms with van der Waals surface area (Å²) < 4.78 is 5.21. The molecule has 2 N–H and O–H groups in total. The van der Waals surface area contributed by atoms with Gasteiger partial charge in [0.1, 0.15) is 5.75 Å². The van der Waals surface area contributed by atoms with Gasteiger partial charge in [-0.2, -0.15) is 0 Å². The minimum absolute atomic E-state index is 0.0266. The largest absolute Gasteiger partial charge is 0.495 e. The molecule has 0 aliphatic heterocycles. The van der Waals surface area contributed by atoms with E-state index in [0.29, 0.717) is 24.4 Å². The van der Waals surface area contributed by atoms with E-state index in [9.17, 15) is 4.79 Å². The highest BCUT2D eigenvalue weighted by molar-refractivity contribution is 5.92. The second-order valence-corrected chi connectivity index (χ2v) is 5.16. The van der Waals surface area contributed by atoms with Crippen LogP contribution < -0.4 is 15.4 Å². The van der Waals surface area contributed by atoms with Gasteiger partial charge < -0.3 is 15.4 Å². The first-order valence-corrected chi connectivity index (χ1v) is 7.38. The molecule has 2 aromatic rings. The van der Waals surface area contributed by atoms with E-state index in [-0.39, 0.29) is 5.91 Å². The maximum Gasteiger partial charge on any atom is 0.225 e. The maximum absolute atomic E-state index is 11.9. The van der Waals surface area contributed by atoms with Crippen molar-refractivity contribution < 1.29 is 9.53 Å². The van der Waals surface area contributed by atoms with E-state index >= 15 is 0 Å². The van der Waals surface area contributed by atoms with Crippen molar-refractivity contribution in [1.29, 1.82) is 0 Å². The fraction of sp³-hybridized carbons (Fsp3) is 0.278. The minimum Gasteiger partial charge on any atom is -0.495 e. The molecule has 1 amide bonds. The summed E-state index contributed by atoms with van der Waals surface area (Å²) in [5, 5.41) is 6.15. The Morgan fingerprint density at radius 2 is 1.95 bits per heavy atom. The summed E-state index contributed by atoms with van der Waals surface area (Å²) in [4.78, 5) is 11.9. The van der Waals surface area contributed by atoms with Gasteiger partial charge in [0.05, 0.1) is 12.8 Å². The molecule has 0 bridgehead atoms. The number of rotatable bonds is 7. The van der Waals surface area contributed by atoms with E-state index in [1.165, 1.54) is 11.1 Å². The van der Waals surface area contributed by atoms with Crippen molar-refractivity contribution in [2.75, 3.05) is 19.0 Å². The van der Waals surface area contributed by atoms with E-state index < -0.39 is 0 Å². The lowest BCUT2D eigenvalue weighted by Gasteiger charge is -2.10. The second-order valence-electron chi connectivity index (χ2n) is 5.16. The zero-order valence-corrected chi connectivity index (χ0v) is 13.1. The highest BCUT2D eigenvalue weighted by Crippen LogP contribution is 2.22. The second kappa shape index (κ2) is 8.20. The van der Waals surface area contributed by atoms with Gasteiger partial charge in [0.2, 0.25) is 5.91 Å². The van der Waals surface area contributed by atoms with Gasteiger partial charge in [0, 0.05) is 19.5 Å². The van der Waals surface area contributed by atoms with Crippen LogP contribution in [-0.2, 0) is 11.3 Å². The zero-order chi connectivity index (χ0) is 15.8. The van der Waals surface area contributed by atoms with E-state index in [0.717, 1.165) is 6.54 Å². The van der Waals surface area contributed by atoms with E-state index in [1.807, 2.05) is 30.3 Å². The lowest BCUT2D eigenvalue weighted by molar-refractivity contribution is -0.116. The fourth-order valence-corrected chi connectivity index (χ4v) is 2.22. The van der Waals surface area contributed by atoms with Crippen molar-refractivity contribution in [2.45, 2.75) is 19.9 Å². The first kappa shape index (κ1) is 16.0. The molecule has 2 rings (SSSR count). The Balaban J connectivity index is 1.74. The Morgan fingerprint density at radius 3 is 2.73 bits per heavy atom. The standard InChI is InChI=1S/C18H22N2O2/c1-14-6-5-7-15(12-14)13-19-11-10-18(21)20-16-8-3-4-9-17(16)22-2/h3-9,12,19H,10-11,13H2,1-2H3,(H,20,21). The van der Waals surface area contributed by atoms with Crippen molar-refractivity contribution >= 4 is 11.6 Å². The molecule has 22 heavy (non-hydrogen) atoms. The average Bonchev–Trinajstić information content (AvgIpc) is 2.52. The van der Waals surface area contributed by atoms with Gasteiger partial charge >= 0.3 is 0 Å². The molecule has 0 saturated heterocycles. The molecule has 2 aromatic carbocycles. The Bertz CT molecular complexity index is 626. The first-order chi connectivity index (χ1) is 10.7. The highest BCUT2D eigenvalue weighted by atomic mass is 16.5. The van der Waals surface area contributed by atoms with Gasteiger partial charge in [-0.1, -0.05) is 42.0 Å². The molecule has 0 atom stereocenters. The van der Waals surface area contributed by atoms with E-state index in [2.05, 4.69) is 35.8 Å². The third kappa shape index (κ3) is 4.90. The normalized spacial score (nSPS) is 10.3. The number of methoxy groups -OCH3 is 1. The Hall–Kier alpha value is -2.33. The number of carbonyl (C=O) groups excluding carboxylic acids is 1. The molecule has 116 valence electrons. The van der Waals surface area contributed by atoms with Gasteiger partial charge in [-0.15, -0.1) is 0 Å². The topological polar surface area (TPSA) is 50.4 Å². The van der Waals surface area contributed by atoms with Gasteiger partial charge in [-0.3, -0.25) is 4.79 Å². The summed E-state index contributed by atoms with van der Waals surface area (Å²) in [6.07, 6.45) is 0.421. The van der Waals surface area contributed by atoms with Crippen LogP contribution in [0.4, 0.5) is 5.69 Å². The van der Waals surface area contributed by atoms with Crippen molar-refractivity contribution in [1.82, 2.24) is 5.32 Å². The third-order valence-corrected chi connectivity index (χ3v) is 3.32. The summed E-state index contributed by atoms with van der Waals surface area (Å²) in [6.45, 7) is 3.47. The molecule has 0 radical (unpaired) electrons. The number of para-hydroxylation sites is 2. The van der Waals surface area contributed by atoms with Crippen LogP contribution in [0.1, 0.15) is 17.5 Å². The lowest BCUT2D eigenvalue weighted by Crippen LogP contribution is -2.21. The highest BCUT2D eigenvalue weighted by Gasteiger charge is 2.06. The van der Waals surface area contributed by atoms with Crippen LogP contribution in [-0.4, -0.2) is 19.6 Å². The van der Waals surface area contributed by atoms with Crippen molar-refractivity contribution in [2.24, 2.45) is 0 Å². The van der Waals surface area contributed by atoms with E-state index in [1.54, 1.807) is 7.11 Å². The van der Waals surface area contributed by atoms with Crippen LogP contribution in [0.25, 0.3) is 0 Å². The number of aryl methyl sites for hydroxylation is 1. The third-order valence-electron chi connectivity index (χ3n) is 3.32. The van der Waals surface area contributed by atoms with Crippen molar-refractivity contribution in [3.63, 3.8) is 0 Å². The maximum atomic E-state index is 11.9. The molecule has 0 aliphatic carbocycles. The number of hydrogen-bond donors (Lipinski definition) is 2. The fourth-order valence-electron chi connectivity index (χ4n) is 2.22. The smallest absolute Gasteiger partial charge is 0.225 e. The molecule has 0 aliphatic rings. The summed E-state index contributed by atoms with van der Waals surface area (Å²) in [6, 6.07) is 15.7. The molecule has 4 nitrogen and oxygen atoms in total. The van der Waals surface area contributed by atoms with Crippen molar-refractivity contribution in [3.05, 3.63) is 59.7 Å². The Morgan fingerprint density at radius 1 is 1.14 bits per heavy atom. The molecule has 0 saturated carbocycles. The predicted octanol–water partition coefficient (Wildman–Crippen LogP) is 3.12.